The molecule has 47 valence electrons. The summed E-state index contributed by atoms with van der Waals surface area (Å²) in [6.45, 7) is 0. The summed E-state index contributed by atoms with van der Waals surface area (Å²) in [7, 11) is 0. The van der Waals surface area contributed by atoms with Gasteiger partial charge in [-0.25, -0.2) is 0 Å². The Hall–Kier alpha value is -0.720. The van der Waals surface area contributed by atoms with Crippen LogP contribution >= 0.6 is 0 Å². The molecule has 0 aromatic heterocycles. The number of dihydropyridines is 1. The predicted octanol–water partition coefficient (Wildman–Crippen LogP) is 1.24. The van der Waals surface area contributed by atoms with E-state index >= 15 is 0 Å². The highest BCUT2D eigenvalue weighted by molar-refractivity contribution is 5.10. The normalized spacial score (nSPS) is 32.2. The number of allylic oxidation sites excluding steroid dienone is 2. The van der Waals surface area contributed by atoms with Gasteiger partial charge in [-0.2, -0.15) is 0 Å². The first-order valence-electron chi connectivity index (χ1n) is 3.47. The molecule has 1 unspecified atom stereocenters. The second-order valence-corrected chi connectivity index (χ2v) is 2.67. The van der Waals surface area contributed by atoms with E-state index < -0.39 is 0 Å². The topological polar surface area (TPSA) is 12.0 Å². The third-order valence-electron chi connectivity index (χ3n) is 1.84. The van der Waals surface area contributed by atoms with E-state index in [0.29, 0.717) is 6.04 Å². The van der Waals surface area contributed by atoms with Crippen LogP contribution in [0.2, 0.25) is 0 Å². The molecule has 1 heteroatoms. The minimum atomic E-state index is 0.523. The first-order valence-corrected chi connectivity index (χ1v) is 3.47. The van der Waals surface area contributed by atoms with Gasteiger partial charge in [-0.3, -0.25) is 0 Å². The second kappa shape index (κ2) is 1.90. The van der Waals surface area contributed by atoms with Crippen molar-refractivity contribution in [2.75, 3.05) is 0 Å². The van der Waals surface area contributed by atoms with Crippen molar-refractivity contribution < 1.29 is 0 Å². The first kappa shape index (κ1) is 5.10. The van der Waals surface area contributed by atoms with Crippen molar-refractivity contribution in [3.05, 3.63) is 24.4 Å². The Bertz CT molecular complexity index is 154. The molecule has 1 fully saturated rings. The standard InChI is InChI=1S/C8H10N/c1-2-6-9-8(3-1)7-4-5-7/h1-2,6-9H,4-5H2. The van der Waals surface area contributed by atoms with E-state index in [1.165, 1.54) is 12.8 Å². The maximum Gasteiger partial charge on any atom is 0.0540 e. The Balaban J connectivity index is 1.98. The lowest BCUT2D eigenvalue weighted by molar-refractivity contribution is 0.602. The molecular weight excluding hydrogens is 110 g/mol. The Morgan fingerprint density at radius 2 is 2.33 bits per heavy atom. The number of hydrogen-bond donors (Lipinski definition) is 1. The van der Waals surface area contributed by atoms with Crippen molar-refractivity contribution in [3.63, 3.8) is 0 Å². The Kier molecular flexibility index (Phi) is 1.08. The molecule has 1 heterocycles. The van der Waals surface area contributed by atoms with Crippen LogP contribution in [-0.4, -0.2) is 6.04 Å². The van der Waals surface area contributed by atoms with E-state index in [1.807, 2.05) is 18.4 Å². The summed E-state index contributed by atoms with van der Waals surface area (Å²) >= 11 is 0. The molecule has 0 aromatic carbocycles. The summed E-state index contributed by atoms with van der Waals surface area (Å²) in [5.74, 6) is 0.881. The van der Waals surface area contributed by atoms with Crippen LogP contribution < -0.4 is 5.32 Å². The van der Waals surface area contributed by atoms with Gasteiger partial charge in [0, 0.05) is 0 Å². The fraction of sp³-hybridized carbons (Fsp3) is 0.500. The molecule has 0 aromatic rings. The minimum absolute atomic E-state index is 0.523. The zero-order valence-electron chi connectivity index (χ0n) is 5.30. The van der Waals surface area contributed by atoms with Gasteiger partial charge >= 0.3 is 0 Å². The van der Waals surface area contributed by atoms with Crippen molar-refractivity contribution in [3.8, 4) is 0 Å². The molecule has 9 heavy (non-hydrogen) atoms. The molecule has 2 aliphatic rings. The summed E-state index contributed by atoms with van der Waals surface area (Å²) in [4.78, 5) is 0. The number of rotatable bonds is 1. The molecule has 1 atom stereocenters. The van der Waals surface area contributed by atoms with Crippen molar-refractivity contribution in [1.82, 2.24) is 5.32 Å². The maximum absolute atomic E-state index is 3.26. The highest BCUT2D eigenvalue weighted by atomic mass is 14.9. The predicted molar refractivity (Wildman–Crippen MR) is 36.6 cm³/mol. The van der Waals surface area contributed by atoms with Gasteiger partial charge in [-0.1, -0.05) is 6.08 Å². The lowest BCUT2D eigenvalue weighted by Crippen LogP contribution is -2.25. The van der Waals surface area contributed by atoms with Gasteiger partial charge in [-0.05, 0) is 37.1 Å². The van der Waals surface area contributed by atoms with Crippen molar-refractivity contribution >= 4 is 0 Å². The average Bonchev–Trinajstić information content (AvgIpc) is 2.71. The molecule has 1 aliphatic heterocycles. The first-order chi connectivity index (χ1) is 4.47. The van der Waals surface area contributed by atoms with Gasteiger partial charge in [0.1, 0.15) is 0 Å². The highest BCUT2D eigenvalue weighted by Crippen LogP contribution is 2.33. The van der Waals surface area contributed by atoms with E-state index in [2.05, 4.69) is 11.4 Å². The molecule has 1 saturated carbocycles. The molecule has 2 rings (SSSR count). The maximum atomic E-state index is 3.26. The summed E-state index contributed by atoms with van der Waals surface area (Å²) in [5.41, 5.74) is 0. The molecule has 1 radical (unpaired) electrons. The Labute approximate surface area is 55.5 Å². The fourth-order valence-corrected chi connectivity index (χ4v) is 1.12. The monoisotopic (exact) mass is 120 g/mol. The lowest BCUT2D eigenvalue weighted by Gasteiger charge is -2.12. The van der Waals surface area contributed by atoms with Crippen LogP contribution in [-0.2, 0) is 0 Å². The van der Waals surface area contributed by atoms with Gasteiger partial charge < -0.3 is 5.32 Å². The molecular formula is C8H10N. The van der Waals surface area contributed by atoms with Crippen molar-refractivity contribution in [1.29, 1.82) is 0 Å². The number of nitrogens with one attached hydrogen (secondary N) is 1. The highest BCUT2D eigenvalue weighted by Gasteiger charge is 2.29. The van der Waals surface area contributed by atoms with Crippen LogP contribution in [0.15, 0.2) is 18.4 Å². The van der Waals surface area contributed by atoms with Gasteiger partial charge in [-0.15, -0.1) is 0 Å². The van der Waals surface area contributed by atoms with E-state index in [4.69, 9.17) is 0 Å². The third-order valence-corrected chi connectivity index (χ3v) is 1.84. The molecule has 0 amide bonds. The van der Waals surface area contributed by atoms with Crippen molar-refractivity contribution in [2.24, 2.45) is 5.92 Å². The summed E-state index contributed by atoms with van der Waals surface area (Å²) in [5, 5.41) is 3.26. The summed E-state index contributed by atoms with van der Waals surface area (Å²) in [6, 6.07) is 0.523. The summed E-state index contributed by atoms with van der Waals surface area (Å²) < 4.78 is 0. The number of hydrogen-bond acceptors (Lipinski definition) is 1. The largest absolute Gasteiger partial charge is 0.384 e. The molecule has 0 spiro atoms. The van der Waals surface area contributed by atoms with E-state index in [-0.39, 0.29) is 0 Å². The van der Waals surface area contributed by atoms with Crippen LogP contribution in [0.1, 0.15) is 12.8 Å². The average molecular weight is 120 g/mol. The van der Waals surface area contributed by atoms with E-state index in [1.54, 1.807) is 0 Å². The van der Waals surface area contributed by atoms with E-state index in [9.17, 15) is 0 Å². The Morgan fingerprint density at radius 3 is 2.89 bits per heavy atom. The second-order valence-electron chi connectivity index (χ2n) is 2.67. The van der Waals surface area contributed by atoms with Gasteiger partial charge in [0.05, 0.1) is 6.04 Å². The van der Waals surface area contributed by atoms with Gasteiger partial charge in [0.15, 0.2) is 0 Å². The zero-order valence-corrected chi connectivity index (χ0v) is 5.30. The molecule has 1 N–H and O–H groups in total. The molecule has 0 bridgehead atoms. The van der Waals surface area contributed by atoms with Crippen LogP contribution in [0, 0.1) is 12.0 Å². The van der Waals surface area contributed by atoms with Crippen LogP contribution in [0.4, 0.5) is 0 Å². The minimum Gasteiger partial charge on any atom is -0.384 e. The smallest absolute Gasteiger partial charge is 0.0540 e. The molecule has 1 aliphatic carbocycles. The zero-order chi connectivity index (χ0) is 6.10. The fourth-order valence-electron chi connectivity index (χ4n) is 1.12. The van der Waals surface area contributed by atoms with Crippen LogP contribution in [0.3, 0.4) is 0 Å². The van der Waals surface area contributed by atoms with Crippen LogP contribution in [0.25, 0.3) is 0 Å². The summed E-state index contributed by atoms with van der Waals surface area (Å²) in [6.07, 6.45) is 12.0. The quantitative estimate of drug-likeness (QED) is 0.549. The molecule has 1 nitrogen and oxygen atoms in total. The molecule has 0 saturated heterocycles. The van der Waals surface area contributed by atoms with E-state index in [0.717, 1.165) is 5.92 Å². The third kappa shape index (κ3) is 0.995. The van der Waals surface area contributed by atoms with Crippen molar-refractivity contribution in [2.45, 2.75) is 18.9 Å². The van der Waals surface area contributed by atoms with Gasteiger partial charge in [0.2, 0.25) is 0 Å². The van der Waals surface area contributed by atoms with Gasteiger partial charge in [0.25, 0.3) is 0 Å². The lowest BCUT2D eigenvalue weighted by atomic mass is 10.1. The SMILES string of the molecule is [C]1=CC=CNC1C1CC1. The van der Waals surface area contributed by atoms with Crippen LogP contribution in [0.5, 0.6) is 0 Å². The Morgan fingerprint density at radius 1 is 1.44 bits per heavy atom.